The second-order valence-electron chi connectivity index (χ2n) is 4.69. The van der Waals surface area contributed by atoms with Crippen LogP contribution in [0.1, 0.15) is 24.2 Å². The van der Waals surface area contributed by atoms with E-state index < -0.39 is 7.82 Å². The SMILES string of the molecule is CCN(CC)CCSC(=O)c1ccc([NH3+])cc1OC.O=P([O-])(O)O. The van der Waals surface area contributed by atoms with E-state index in [9.17, 15) is 4.79 Å². The van der Waals surface area contributed by atoms with Crippen LogP contribution in [-0.2, 0) is 4.57 Å². The van der Waals surface area contributed by atoms with Crippen molar-refractivity contribution in [2.24, 2.45) is 0 Å². The standard InChI is InChI=1S/C14H22N2O2S.H3O4P/c1-4-16(5-2)8-9-19-14(17)12-7-6-11(15)10-13(12)18-3;1-5(2,3)4/h6-7,10H,4-5,8-9,15H2,1-3H3;(H3,1,2,3,4). The van der Waals surface area contributed by atoms with Crippen molar-refractivity contribution in [3.63, 3.8) is 0 Å². The van der Waals surface area contributed by atoms with Crippen LogP contribution >= 0.6 is 19.6 Å². The molecule has 0 atom stereocenters. The van der Waals surface area contributed by atoms with Crippen molar-refractivity contribution in [2.75, 3.05) is 32.5 Å². The number of carbonyl (C=O) groups is 1. The Morgan fingerprint density at radius 2 is 1.92 bits per heavy atom. The van der Waals surface area contributed by atoms with Crippen LogP contribution < -0.4 is 15.4 Å². The van der Waals surface area contributed by atoms with Gasteiger partial charge in [-0.25, -0.2) is 0 Å². The molecule has 1 aromatic carbocycles. The summed E-state index contributed by atoms with van der Waals surface area (Å²) in [5.41, 5.74) is 5.31. The monoisotopic (exact) mass is 380 g/mol. The van der Waals surface area contributed by atoms with Crippen LogP contribution in [0.4, 0.5) is 5.69 Å². The van der Waals surface area contributed by atoms with Crippen LogP contribution in [0.25, 0.3) is 0 Å². The quantitative estimate of drug-likeness (QED) is 0.571. The number of methoxy groups -OCH3 is 1. The van der Waals surface area contributed by atoms with Crippen LogP contribution in [0.15, 0.2) is 18.2 Å². The second kappa shape index (κ2) is 11.6. The van der Waals surface area contributed by atoms with Crippen molar-refractivity contribution in [1.29, 1.82) is 0 Å². The molecule has 0 aliphatic heterocycles. The Morgan fingerprint density at radius 1 is 1.38 bits per heavy atom. The van der Waals surface area contributed by atoms with Gasteiger partial charge in [-0.2, -0.15) is 0 Å². The highest BCUT2D eigenvalue weighted by Gasteiger charge is 2.14. The Morgan fingerprint density at radius 3 is 2.38 bits per heavy atom. The number of thioether (sulfide) groups is 1. The lowest BCUT2D eigenvalue weighted by molar-refractivity contribution is -0.254. The molecule has 1 aromatic rings. The van der Waals surface area contributed by atoms with Gasteiger partial charge in [0.2, 0.25) is 5.12 Å². The molecular formula is C14H25N2O6PS. The van der Waals surface area contributed by atoms with Crippen molar-refractivity contribution in [3.05, 3.63) is 23.8 Å². The maximum atomic E-state index is 12.1. The van der Waals surface area contributed by atoms with Crippen molar-refractivity contribution < 1.29 is 34.5 Å². The fourth-order valence-electron chi connectivity index (χ4n) is 1.79. The Kier molecular flexibility index (Phi) is 11.1. The number of rotatable bonds is 7. The molecule has 0 saturated heterocycles. The van der Waals surface area contributed by atoms with E-state index in [0.717, 1.165) is 31.1 Å². The van der Waals surface area contributed by atoms with Gasteiger partial charge in [-0.3, -0.25) is 9.36 Å². The molecule has 0 aliphatic rings. The Hall–Kier alpha value is -0.930. The van der Waals surface area contributed by atoms with Gasteiger partial charge in [-0.1, -0.05) is 25.6 Å². The van der Waals surface area contributed by atoms with E-state index in [1.165, 1.54) is 11.8 Å². The largest absolute Gasteiger partial charge is 0.756 e. The number of benzene rings is 1. The van der Waals surface area contributed by atoms with Gasteiger partial charge < -0.3 is 30.1 Å². The summed E-state index contributed by atoms with van der Waals surface area (Å²) >= 11 is 1.34. The first kappa shape index (κ1) is 23.1. The van der Waals surface area contributed by atoms with Crippen LogP contribution in [0.2, 0.25) is 0 Å². The van der Waals surface area contributed by atoms with Crippen LogP contribution in [0.3, 0.4) is 0 Å². The molecule has 138 valence electrons. The van der Waals surface area contributed by atoms with Crippen molar-refractivity contribution >= 4 is 30.4 Å². The topological polar surface area (TPSA) is 138 Å². The third kappa shape index (κ3) is 10.8. The summed E-state index contributed by atoms with van der Waals surface area (Å²) in [6, 6.07) is 5.41. The normalized spacial score (nSPS) is 11.0. The molecule has 10 heteroatoms. The number of hydrogen-bond acceptors (Lipinski definition) is 6. The number of hydrogen-bond donors (Lipinski definition) is 3. The minimum atomic E-state index is -4.89. The summed E-state index contributed by atoms with van der Waals surface area (Å²) in [5, 5.41) is 0.0593. The molecule has 0 aliphatic carbocycles. The third-order valence-electron chi connectivity index (χ3n) is 3.02. The van der Waals surface area contributed by atoms with Gasteiger partial charge in [0, 0.05) is 18.4 Å². The second-order valence-corrected chi connectivity index (χ2v) is 6.74. The molecule has 0 amide bonds. The number of quaternary nitrogens is 1. The van der Waals surface area contributed by atoms with Gasteiger partial charge in [0.15, 0.2) is 0 Å². The van der Waals surface area contributed by atoms with E-state index in [1.807, 2.05) is 6.07 Å². The predicted octanol–water partition coefficient (Wildman–Crippen LogP) is 0.223. The molecular weight excluding hydrogens is 355 g/mol. The summed E-state index contributed by atoms with van der Waals surface area (Å²) < 4.78 is 14.0. The molecule has 8 nitrogen and oxygen atoms in total. The van der Waals surface area contributed by atoms with E-state index in [1.54, 1.807) is 19.2 Å². The maximum absolute atomic E-state index is 12.1. The Balaban J connectivity index is 0.000000922. The van der Waals surface area contributed by atoms with Crippen molar-refractivity contribution in [1.82, 2.24) is 4.90 Å². The molecule has 5 N–H and O–H groups in total. The molecule has 0 aromatic heterocycles. The molecule has 0 unspecified atom stereocenters. The van der Waals surface area contributed by atoms with Crippen LogP contribution in [0.5, 0.6) is 5.75 Å². The highest BCUT2D eigenvalue weighted by atomic mass is 32.2. The molecule has 24 heavy (non-hydrogen) atoms. The first-order valence-corrected chi connectivity index (χ1v) is 9.79. The van der Waals surface area contributed by atoms with Crippen LogP contribution in [-0.4, -0.2) is 52.3 Å². The van der Waals surface area contributed by atoms with E-state index in [2.05, 4.69) is 24.5 Å². The smallest absolute Gasteiger partial charge is 0.262 e. The fraction of sp³-hybridized carbons (Fsp3) is 0.500. The Bertz CT molecular complexity index is 554. The van der Waals surface area contributed by atoms with Gasteiger partial charge in [0.05, 0.1) is 12.7 Å². The van der Waals surface area contributed by atoms with E-state index in [4.69, 9.17) is 24.0 Å². The highest BCUT2D eigenvalue weighted by molar-refractivity contribution is 8.14. The first-order chi connectivity index (χ1) is 11.1. The molecule has 1 rings (SSSR count). The van der Waals surface area contributed by atoms with Crippen molar-refractivity contribution in [3.8, 4) is 5.75 Å². The highest BCUT2D eigenvalue weighted by Crippen LogP contribution is 2.25. The van der Waals surface area contributed by atoms with Gasteiger partial charge in [-0.15, -0.1) is 0 Å². The molecule has 0 radical (unpaired) electrons. The molecule has 0 bridgehead atoms. The van der Waals surface area contributed by atoms with E-state index >= 15 is 0 Å². The molecule has 0 fully saturated rings. The predicted molar refractivity (Wildman–Crippen MR) is 92.2 cm³/mol. The number of carbonyl (C=O) groups excluding carboxylic acids is 1. The van der Waals surface area contributed by atoms with E-state index in [-0.39, 0.29) is 5.12 Å². The average molecular weight is 380 g/mol. The van der Waals surface area contributed by atoms with Gasteiger partial charge in [0.25, 0.3) is 7.82 Å². The average Bonchev–Trinajstić information content (AvgIpc) is 2.49. The van der Waals surface area contributed by atoms with Gasteiger partial charge in [-0.05, 0) is 25.2 Å². The summed E-state index contributed by atoms with van der Waals surface area (Å²) in [4.78, 5) is 37.4. The minimum absolute atomic E-state index is 0.0593. The van der Waals surface area contributed by atoms with Crippen LogP contribution in [0, 0.1) is 0 Å². The number of phosphoric acid groups is 1. The third-order valence-corrected chi connectivity index (χ3v) is 3.89. The van der Waals surface area contributed by atoms with E-state index in [0.29, 0.717) is 11.3 Å². The summed E-state index contributed by atoms with van der Waals surface area (Å²) in [6.07, 6.45) is 0. The molecule has 0 spiro atoms. The molecule has 0 heterocycles. The lowest BCUT2D eigenvalue weighted by atomic mass is 10.2. The summed E-state index contributed by atoms with van der Waals surface area (Å²) in [6.45, 7) is 7.23. The zero-order valence-electron chi connectivity index (χ0n) is 14.1. The minimum Gasteiger partial charge on any atom is -0.756 e. The lowest BCUT2D eigenvalue weighted by Crippen LogP contribution is -2.40. The van der Waals surface area contributed by atoms with Gasteiger partial charge in [0.1, 0.15) is 11.4 Å². The number of ether oxygens (including phenoxy) is 1. The lowest BCUT2D eigenvalue weighted by Gasteiger charge is -2.17. The summed E-state index contributed by atoms with van der Waals surface area (Å²) in [5.74, 6) is 1.41. The molecule has 0 saturated carbocycles. The Labute approximate surface area is 146 Å². The first-order valence-electron chi connectivity index (χ1n) is 7.28. The van der Waals surface area contributed by atoms with Crippen molar-refractivity contribution in [2.45, 2.75) is 13.8 Å². The summed E-state index contributed by atoms with van der Waals surface area (Å²) in [7, 11) is -3.31. The zero-order valence-corrected chi connectivity index (χ0v) is 15.8. The number of nitrogens with zero attached hydrogens (tertiary/aromatic N) is 1. The maximum Gasteiger partial charge on any atom is 0.262 e. The van der Waals surface area contributed by atoms with Gasteiger partial charge >= 0.3 is 0 Å². The fourth-order valence-corrected chi connectivity index (χ4v) is 2.65. The zero-order chi connectivity index (χ0) is 18.8.